The first-order valence-electron chi connectivity index (χ1n) is 6.38. The number of hydrazine groups is 1. The molecule has 2 heterocycles. The van der Waals surface area contributed by atoms with Crippen molar-refractivity contribution in [2.75, 3.05) is 5.75 Å². The number of hydrogen-bond acceptors (Lipinski definition) is 4. The highest BCUT2D eigenvalue weighted by atomic mass is 32.2. The van der Waals surface area contributed by atoms with Gasteiger partial charge in [0.25, 0.3) is 5.91 Å². The molecule has 0 aliphatic carbocycles. The van der Waals surface area contributed by atoms with Crippen LogP contribution in [0.15, 0.2) is 45.9 Å². The van der Waals surface area contributed by atoms with Crippen molar-refractivity contribution in [2.24, 2.45) is 0 Å². The van der Waals surface area contributed by atoms with Crippen molar-refractivity contribution in [3.63, 3.8) is 0 Å². The fraction of sp³-hybridized carbons (Fsp3) is 0.133. The number of fused-ring (bicyclic) bond motifs is 1. The maximum Gasteiger partial charge on any atom is 0.273 e. The van der Waals surface area contributed by atoms with E-state index >= 15 is 0 Å². The summed E-state index contributed by atoms with van der Waals surface area (Å²) in [5.41, 5.74) is 7.37. The summed E-state index contributed by atoms with van der Waals surface area (Å²) in [6.45, 7) is 1.72. The molecule has 3 rings (SSSR count). The zero-order valence-corrected chi connectivity index (χ0v) is 12.1. The van der Waals surface area contributed by atoms with Gasteiger partial charge in [-0.3, -0.25) is 15.6 Å². The Balaban J connectivity index is 1.75. The summed E-state index contributed by atoms with van der Waals surface area (Å²) in [6.07, 6.45) is 3.38. The molecule has 0 fully saturated rings. The summed E-state index contributed by atoms with van der Waals surface area (Å²) in [4.78, 5) is 13.0. The highest BCUT2D eigenvalue weighted by Crippen LogP contribution is 2.32. The minimum atomic E-state index is -0.305. The second kappa shape index (κ2) is 5.65. The second-order valence-electron chi connectivity index (χ2n) is 4.54. The third-order valence-corrected chi connectivity index (χ3v) is 4.17. The van der Waals surface area contributed by atoms with Crippen LogP contribution in [0.4, 0.5) is 4.39 Å². The lowest BCUT2D eigenvalue weighted by Crippen LogP contribution is -2.36. The van der Waals surface area contributed by atoms with Crippen molar-refractivity contribution >= 4 is 23.4 Å². The van der Waals surface area contributed by atoms with Gasteiger partial charge in [-0.05, 0) is 37.3 Å². The van der Waals surface area contributed by atoms with Crippen LogP contribution in [0, 0.1) is 12.7 Å². The van der Waals surface area contributed by atoms with Crippen LogP contribution < -0.4 is 10.9 Å². The van der Waals surface area contributed by atoms with E-state index in [1.165, 1.54) is 18.4 Å². The maximum atomic E-state index is 13.4. The first-order chi connectivity index (χ1) is 10.1. The molecule has 0 bridgehead atoms. The van der Waals surface area contributed by atoms with E-state index in [0.717, 1.165) is 16.2 Å². The number of aryl methyl sites for hydroxylation is 1. The molecule has 21 heavy (non-hydrogen) atoms. The smallest absolute Gasteiger partial charge is 0.273 e. The second-order valence-corrected chi connectivity index (χ2v) is 5.60. The zero-order valence-electron chi connectivity index (χ0n) is 11.3. The number of amides is 1. The molecule has 2 aromatic rings. The van der Waals surface area contributed by atoms with Gasteiger partial charge in [-0.25, -0.2) is 4.39 Å². The van der Waals surface area contributed by atoms with Gasteiger partial charge >= 0.3 is 0 Å². The Hall–Kier alpha value is -2.21. The van der Waals surface area contributed by atoms with Crippen LogP contribution in [0.5, 0.6) is 0 Å². The molecule has 0 atom stereocenters. The van der Waals surface area contributed by atoms with Gasteiger partial charge in [-0.15, -0.1) is 11.8 Å². The number of carbonyl (C=O) groups excluding carboxylic acids is 1. The minimum Gasteiger partial charge on any atom is -0.469 e. The number of benzene rings is 1. The van der Waals surface area contributed by atoms with E-state index in [4.69, 9.17) is 4.42 Å². The van der Waals surface area contributed by atoms with Crippen LogP contribution in [0.2, 0.25) is 0 Å². The molecule has 4 nitrogen and oxygen atoms in total. The summed E-state index contributed by atoms with van der Waals surface area (Å²) >= 11 is 1.62. The molecule has 6 heteroatoms. The van der Waals surface area contributed by atoms with Gasteiger partial charge in [0, 0.05) is 16.2 Å². The first-order valence-corrected chi connectivity index (χ1v) is 7.37. The molecule has 0 radical (unpaired) electrons. The van der Waals surface area contributed by atoms with Gasteiger partial charge in [-0.2, -0.15) is 0 Å². The Bertz CT molecular complexity index is 724. The SMILES string of the molecule is Cc1occc1C(=O)NNC1=CCSc2ccc(F)cc21. The number of hydrogen-bond donors (Lipinski definition) is 2. The Morgan fingerprint density at radius 3 is 3.00 bits per heavy atom. The van der Waals surface area contributed by atoms with E-state index in [1.54, 1.807) is 30.8 Å². The predicted octanol–water partition coefficient (Wildman–Crippen LogP) is 3.11. The number of thioether (sulfide) groups is 1. The highest BCUT2D eigenvalue weighted by molar-refractivity contribution is 7.99. The Kier molecular flexibility index (Phi) is 3.70. The van der Waals surface area contributed by atoms with Crippen LogP contribution in [-0.2, 0) is 0 Å². The van der Waals surface area contributed by atoms with Crippen molar-refractivity contribution < 1.29 is 13.6 Å². The van der Waals surface area contributed by atoms with E-state index in [-0.39, 0.29) is 11.7 Å². The number of rotatable bonds is 3. The summed E-state index contributed by atoms with van der Waals surface area (Å²) in [5.74, 6) is 0.717. The zero-order chi connectivity index (χ0) is 14.8. The fourth-order valence-corrected chi connectivity index (χ4v) is 3.01. The third-order valence-electron chi connectivity index (χ3n) is 3.17. The average molecular weight is 304 g/mol. The van der Waals surface area contributed by atoms with Crippen LogP contribution in [0.25, 0.3) is 5.70 Å². The summed E-state index contributed by atoms with van der Waals surface area (Å²) < 4.78 is 18.5. The predicted molar refractivity (Wildman–Crippen MR) is 79.1 cm³/mol. The Morgan fingerprint density at radius 2 is 2.24 bits per heavy atom. The number of nitrogens with one attached hydrogen (secondary N) is 2. The van der Waals surface area contributed by atoms with E-state index in [0.29, 0.717) is 17.0 Å². The standard InChI is InChI=1S/C15H13FN2O2S/c1-9-11(4-6-20-9)15(19)18-17-13-5-7-21-14-3-2-10(16)8-12(13)14/h2-6,8,17H,7H2,1H3,(H,18,19). The van der Waals surface area contributed by atoms with Crippen LogP contribution in [0.1, 0.15) is 21.7 Å². The molecule has 1 amide bonds. The molecule has 1 aliphatic rings. The molecule has 0 saturated heterocycles. The fourth-order valence-electron chi connectivity index (χ4n) is 2.09. The summed E-state index contributed by atoms with van der Waals surface area (Å²) in [6, 6.07) is 6.23. The van der Waals surface area contributed by atoms with Gasteiger partial charge in [0.1, 0.15) is 11.6 Å². The molecule has 0 unspecified atom stereocenters. The normalized spacial score (nSPS) is 13.3. The van der Waals surface area contributed by atoms with Gasteiger partial charge in [0.05, 0.1) is 17.5 Å². The van der Waals surface area contributed by atoms with Crippen molar-refractivity contribution in [2.45, 2.75) is 11.8 Å². The lowest BCUT2D eigenvalue weighted by Gasteiger charge is -2.19. The topological polar surface area (TPSA) is 54.3 Å². The molecule has 1 aromatic heterocycles. The third kappa shape index (κ3) is 2.80. The minimum absolute atomic E-state index is 0.293. The van der Waals surface area contributed by atoms with Crippen LogP contribution >= 0.6 is 11.8 Å². The van der Waals surface area contributed by atoms with Crippen molar-refractivity contribution in [3.05, 3.63) is 59.3 Å². The molecule has 0 spiro atoms. The van der Waals surface area contributed by atoms with Crippen LogP contribution in [0.3, 0.4) is 0 Å². The van der Waals surface area contributed by atoms with E-state index in [9.17, 15) is 9.18 Å². The van der Waals surface area contributed by atoms with Crippen molar-refractivity contribution in [1.29, 1.82) is 0 Å². The van der Waals surface area contributed by atoms with Gasteiger partial charge in [0.15, 0.2) is 0 Å². The molecular weight excluding hydrogens is 291 g/mol. The Morgan fingerprint density at radius 1 is 1.38 bits per heavy atom. The maximum absolute atomic E-state index is 13.4. The highest BCUT2D eigenvalue weighted by Gasteiger charge is 2.16. The van der Waals surface area contributed by atoms with E-state index < -0.39 is 0 Å². The molecular formula is C15H13FN2O2S. The molecule has 0 saturated carbocycles. The van der Waals surface area contributed by atoms with Crippen molar-refractivity contribution in [1.82, 2.24) is 10.9 Å². The van der Waals surface area contributed by atoms with Crippen molar-refractivity contribution in [3.8, 4) is 0 Å². The number of halogens is 1. The first kappa shape index (κ1) is 13.8. The molecule has 1 aliphatic heterocycles. The van der Waals surface area contributed by atoms with E-state index in [1.807, 2.05) is 6.08 Å². The van der Waals surface area contributed by atoms with E-state index in [2.05, 4.69) is 10.9 Å². The molecule has 1 aromatic carbocycles. The van der Waals surface area contributed by atoms with Gasteiger partial charge in [0.2, 0.25) is 0 Å². The lowest BCUT2D eigenvalue weighted by atomic mass is 10.1. The number of furan rings is 1. The van der Waals surface area contributed by atoms with Gasteiger partial charge < -0.3 is 4.42 Å². The average Bonchev–Trinajstić information content (AvgIpc) is 2.91. The Labute approximate surface area is 125 Å². The number of carbonyl (C=O) groups is 1. The molecule has 108 valence electrons. The van der Waals surface area contributed by atoms with Crippen LogP contribution in [-0.4, -0.2) is 11.7 Å². The van der Waals surface area contributed by atoms with Gasteiger partial charge in [-0.1, -0.05) is 0 Å². The largest absolute Gasteiger partial charge is 0.469 e. The quantitative estimate of drug-likeness (QED) is 0.856. The molecule has 2 N–H and O–H groups in total. The summed E-state index contributed by atoms with van der Waals surface area (Å²) in [5, 5.41) is 0. The monoisotopic (exact) mass is 304 g/mol. The summed E-state index contributed by atoms with van der Waals surface area (Å²) in [7, 11) is 0. The lowest BCUT2D eigenvalue weighted by molar-refractivity contribution is 0.0941.